The lowest BCUT2D eigenvalue weighted by Gasteiger charge is -2.17. The van der Waals surface area contributed by atoms with Crippen LogP contribution in [0.25, 0.3) is 0 Å². The average molecular weight is 235 g/mol. The molecule has 1 unspecified atom stereocenters. The minimum absolute atomic E-state index is 0.354. The van der Waals surface area contributed by atoms with Crippen LogP contribution in [0.1, 0.15) is 26.0 Å². The van der Waals surface area contributed by atoms with E-state index in [9.17, 15) is 9.59 Å². The fraction of sp³-hybridized carbons (Fsp3) is 0.364. The molecular weight excluding hydrogens is 222 g/mol. The van der Waals surface area contributed by atoms with Crippen LogP contribution in [0.4, 0.5) is 4.79 Å². The summed E-state index contributed by atoms with van der Waals surface area (Å²) in [6, 6.07) is 2.87. The van der Waals surface area contributed by atoms with Crippen molar-refractivity contribution in [2.75, 3.05) is 0 Å². The molecule has 0 saturated carbocycles. The van der Waals surface area contributed by atoms with Gasteiger partial charge in [-0.2, -0.15) is 5.10 Å². The van der Waals surface area contributed by atoms with Gasteiger partial charge in [0.25, 0.3) is 5.91 Å². The molecule has 1 fully saturated rings. The normalized spacial score (nSPS) is 24.7. The second-order valence-corrected chi connectivity index (χ2v) is 3.99. The van der Waals surface area contributed by atoms with E-state index in [2.05, 4.69) is 10.4 Å². The predicted molar refractivity (Wildman–Crippen MR) is 60.4 cm³/mol. The molecule has 6 heteroatoms. The standard InChI is InChI=1S/C11H13N3O3/c1-3-11(2)9(15)14(10(16)13-11)12-7-8-5-4-6-17-8/h4-7H,3H2,1-2H3,(H,13,16). The molecule has 90 valence electrons. The molecule has 0 radical (unpaired) electrons. The van der Waals surface area contributed by atoms with Crippen LogP contribution in [-0.4, -0.2) is 28.7 Å². The molecule has 0 bridgehead atoms. The van der Waals surface area contributed by atoms with Crippen LogP contribution in [0, 0.1) is 0 Å². The number of hydrogen-bond acceptors (Lipinski definition) is 4. The number of nitrogens with zero attached hydrogens (tertiary/aromatic N) is 2. The van der Waals surface area contributed by atoms with Crippen molar-refractivity contribution in [3.8, 4) is 0 Å². The fourth-order valence-corrected chi connectivity index (χ4v) is 1.49. The van der Waals surface area contributed by atoms with Crippen molar-refractivity contribution in [1.29, 1.82) is 0 Å². The van der Waals surface area contributed by atoms with Crippen LogP contribution >= 0.6 is 0 Å². The van der Waals surface area contributed by atoms with Gasteiger partial charge in [0.15, 0.2) is 0 Å². The lowest BCUT2D eigenvalue weighted by Crippen LogP contribution is -2.42. The number of rotatable bonds is 3. The Morgan fingerprint density at radius 1 is 1.59 bits per heavy atom. The van der Waals surface area contributed by atoms with E-state index in [4.69, 9.17) is 4.42 Å². The highest BCUT2D eigenvalue weighted by molar-refractivity contribution is 6.07. The van der Waals surface area contributed by atoms with Gasteiger partial charge in [-0.3, -0.25) is 4.79 Å². The van der Waals surface area contributed by atoms with Gasteiger partial charge in [-0.25, -0.2) is 4.79 Å². The molecule has 1 N–H and O–H groups in total. The van der Waals surface area contributed by atoms with Gasteiger partial charge >= 0.3 is 6.03 Å². The van der Waals surface area contributed by atoms with Gasteiger partial charge in [0.05, 0.1) is 12.5 Å². The van der Waals surface area contributed by atoms with E-state index in [1.807, 2.05) is 6.92 Å². The zero-order valence-corrected chi connectivity index (χ0v) is 9.64. The largest absolute Gasteiger partial charge is 0.463 e. The smallest absolute Gasteiger partial charge is 0.346 e. The van der Waals surface area contributed by atoms with Crippen LogP contribution in [0.3, 0.4) is 0 Å². The quantitative estimate of drug-likeness (QED) is 0.634. The Morgan fingerprint density at radius 3 is 2.88 bits per heavy atom. The maximum absolute atomic E-state index is 11.9. The van der Waals surface area contributed by atoms with Crippen LogP contribution in [0.5, 0.6) is 0 Å². The molecule has 3 amide bonds. The molecular formula is C11H13N3O3. The Hall–Kier alpha value is -2.11. The Balaban J connectivity index is 2.17. The molecule has 6 nitrogen and oxygen atoms in total. The van der Waals surface area contributed by atoms with Crippen molar-refractivity contribution in [1.82, 2.24) is 10.3 Å². The molecule has 0 spiro atoms. The third-order valence-electron chi connectivity index (χ3n) is 2.79. The minimum Gasteiger partial charge on any atom is -0.463 e. The van der Waals surface area contributed by atoms with Gasteiger partial charge in [0.1, 0.15) is 11.3 Å². The number of imide groups is 1. The van der Waals surface area contributed by atoms with Gasteiger partial charge in [0, 0.05) is 0 Å². The van der Waals surface area contributed by atoms with Crippen LogP contribution in [0.2, 0.25) is 0 Å². The summed E-state index contributed by atoms with van der Waals surface area (Å²) in [4.78, 5) is 23.5. The molecule has 1 aliphatic heterocycles. The zero-order chi connectivity index (χ0) is 12.5. The zero-order valence-electron chi connectivity index (χ0n) is 9.64. The summed E-state index contributed by atoms with van der Waals surface area (Å²) in [5, 5.41) is 7.25. The lowest BCUT2D eigenvalue weighted by molar-refractivity contribution is -0.130. The molecule has 2 rings (SSSR count). The second kappa shape index (κ2) is 4.04. The number of amides is 3. The highest BCUT2D eigenvalue weighted by Gasteiger charge is 2.46. The summed E-state index contributed by atoms with van der Waals surface area (Å²) in [6.45, 7) is 3.51. The molecule has 1 aromatic heterocycles. The van der Waals surface area contributed by atoms with E-state index in [-0.39, 0.29) is 5.91 Å². The second-order valence-electron chi connectivity index (χ2n) is 3.99. The molecule has 1 aliphatic rings. The Kier molecular flexibility index (Phi) is 2.71. The summed E-state index contributed by atoms with van der Waals surface area (Å²) >= 11 is 0. The topological polar surface area (TPSA) is 74.9 Å². The molecule has 0 aromatic carbocycles. The van der Waals surface area contributed by atoms with Gasteiger partial charge < -0.3 is 9.73 Å². The monoisotopic (exact) mass is 235 g/mol. The van der Waals surface area contributed by atoms with Gasteiger partial charge in [0.2, 0.25) is 0 Å². The van der Waals surface area contributed by atoms with Crippen molar-refractivity contribution in [2.45, 2.75) is 25.8 Å². The third kappa shape index (κ3) is 1.93. The van der Waals surface area contributed by atoms with E-state index < -0.39 is 11.6 Å². The Bertz CT molecular complexity index is 466. The van der Waals surface area contributed by atoms with Gasteiger partial charge in [-0.05, 0) is 25.5 Å². The number of carbonyl (C=O) groups excluding carboxylic acids is 2. The summed E-state index contributed by atoms with van der Waals surface area (Å²) < 4.78 is 5.02. The minimum atomic E-state index is -0.864. The first-order chi connectivity index (χ1) is 8.07. The first-order valence-corrected chi connectivity index (χ1v) is 5.31. The first kappa shape index (κ1) is 11.4. The molecule has 17 heavy (non-hydrogen) atoms. The van der Waals surface area contributed by atoms with Crippen molar-refractivity contribution >= 4 is 18.2 Å². The summed E-state index contributed by atoms with van der Waals surface area (Å²) in [6.07, 6.45) is 3.34. The molecule has 1 saturated heterocycles. The highest BCUT2D eigenvalue weighted by Crippen LogP contribution is 2.20. The van der Waals surface area contributed by atoms with Crippen LogP contribution < -0.4 is 5.32 Å². The third-order valence-corrected chi connectivity index (χ3v) is 2.79. The van der Waals surface area contributed by atoms with Crippen molar-refractivity contribution < 1.29 is 14.0 Å². The van der Waals surface area contributed by atoms with E-state index >= 15 is 0 Å². The van der Waals surface area contributed by atoms with E-state index in [1.54, 1.807) is 19.1 Å². The lowest BCUT2D eigenvalue weighted by atomic mass is 10.00. The first-order valence-electron chi connectivity index (χ1n) is 5.31. The van der Waals surface area contributed by atoms with E-state index in [1.165, 1.54) is 12.5 Å². The summed E-state index contributed by atoms with van der Waals surface area (Å²) in [5.74, 6) is 0.128. The predicted octanol–water partition coefficient (Wildman–Crippen LogP) is 1.33. The number of carbonyl (C=O) groups is 2. The van der Waals surface area contributed by atoms with Crippen LogP contribution in [-0.2, 0) is 4.79 Å². The molecule has 0 aliphatic carbocycles. The highest BCUT2D eigenvalue weighted by atomic mass is 16.3. The SMILES string of the molecule is CCC1(C)NC(=O)N(N=Cc2ccco2)C1=O. The van der Waals surface area contributed by atoms with Gasteiger partial charge in [-0.15, -0.1) is 5.01 Å². The van der Waals surface area contributed by atoms with Crippen molar-refractivity contribution in [3.63, 3.8) is 0 Å². The maximum Gasteiger partial charge on any atom is 0.346 e. The van der Waals surface area contributed by atoms with Gasteiger partial charge in [-0.1, -0.05) is 6.92 Å². The average Bonchev–Trinajstić information content (AvgIpc) is 2.87. The van der Waals surface area contributed by atoms with Crippen LogP contribution in [0.15, 0.2) is 27.9 Å². The maximum atomic E-state index is 11.9. The summed E-state index contributed by atoms with van der Waals surface area (Å²) in [7, 11) is 0. The molecule has 2 heterocycles. The van der Waals surface area contributed by atoms with E-state index in [0.717, 1.165) is 5.01 Å². The number of nitrogens with one attached hydrogen (secondary N) is 1. The fourth-order valence-electron chi connectivity index (χ4n) is 1.49. The molecule has 1 aromatic rings. The van der Waals surface area contributed by atoms with Crippen molar-refractivity contribution in [2.24, 2.45) is 5.10 Å². The Morgan fingerprint density at radius 2 is 2.35 bits per heavy atom. The number of furan rings is 1. The van der Waals surface area contributed by atoms with Crippen molar-refractivity contribution in [3.05, 3.63) is 24.2 Å². The summed E-state index contributed by atoms with van der Waals surface area (Å²) in [5.41, 5.74) is -0.864. The molecule has 1 atom stereocenters. The number of urea groups is 1. The number of hydrazone groups is 1. The van der Waals surface area contributed by atoms with E-state index in [0.29, 0.717) is 12.2 Å². The Labute approximate surface area is 98.3 Å². The number of hydrogen-bond donors (Lipinski definition) is 1.